The zero-order valence-electron chi connectivity index (χ0n) is 17.0. The van der Waals surface area contributed by atoms with Gasteiger partial charge in [0.25, 0.3) is 15.9 Å². The Hall–Kier alpha value is -2.91. The number of carbonyl (C=O) groups is 1. The number of nitrogens with one attached hydrogen (secondary N) is 2. The Morgan fingerprint density at radius 2 is 1.94 bits per heavy atom. The van der Waals surface area contributed by atoms with Crippen LogP contribution in [0.3, 0.4) is 0 Å². The lowest BCUT2D eigenvalue weighted by Crippen LogP contribution is -2.24. The Kier molecular flexibility index (Phi) is 5.72. The molecule has 1 aromatic heterocycles. The van der Waals surface area contributed by atoms with Crippen LogP contribution in [0.1, 0.15) is 52.0 Å². The topological polar surface area (TPSA) is 114 Å². The van der Waals surface area contributed by atoms with Crippen molar-refractivity contribution in [1.82, 2.24) is 15.5 Å². The molecule has 0 radical (unpaired) electrons. The van der Waals surface area contributed by atoms with Crippen LogP contribution >= 0.6 is 11.6 Å². The van der Waals surface area contributed by atoms with Gasteiger partial charge in [-0.3, -0.25) is 9.52 Å². The predicted octanol–water partition coefficient (Wildman–Crippen LogP) is 3.95. The smallest absolute Gasteiger partial charge is 0.261 e. The standard InChI is InChI=1S/C21H21ClN4O4S/c1-12-3-6-15(9-13(12)2)26-31(28,29)16-7-8-18(22)17(10-16)21(27)23-11-19-24-20(25-30-19)14-4-5-14/h3,6-10,14,26H,4-5,11H2,1-2H3,(H,23,27). The van der Waals surface area contributed by atoms with Crippen LogP contribution < -0.4 is 10.0 Å². The number of halogens is 1. The highest BCUT2D eigenvalue weighted by Crippen LogP contribution is 2.38. The second-order valence-corrected chi connectivity index (χ2v) is 9.64. The summed E-state index contributed by atoms with van der Waals surface area (Å²) >= 11 is 6.15. The second-order valence-electron chi connectivity index (χ2n) is 7.55. The third-order valence-corrected chi connectivity index (χ3v) is 6.79. The molecule has 0 aliphatic heterocycles. The Balaban J connectivity index is 1.49. The van der Waals surface area contributed by atoms with Gasteiger partial charge in [0.05, 0.1) is 22.0 Å². The minimum atomic E-state index is -3.91. The van der Waals surface area contributed by atoms with Crippen molar-refractivity contribution >= 4 is 33.2 Å². The molecular weight excluding hydrogens is 440 g/mol. The number of nitrogens with zero attached hydrogens (tertiary/aromatic N) is 2. The molecule has 2 N–H and O–H groups in total. The van der Waals surface area contributed by atoms with Crippen molar-refractivity contribution < 1.29 is 17.7 Å². The first-order valence-corrected chi connectivity index (χ1v) is 11.6. The molecule has 0 bridgehead atoms. The first-order valence-electron chi connectivity index (χ1n) is 9.73. The van der Waals surface area contributed by atoms with E-state index in [0.29, 0.717) is 17.4 Å². The van der Waals surface area contributed by atoms with Crippen LogP contribution in [0.15, 0.2) is 45.8 Å². The van der Waals surface area contributed by atoms with Crippen molar-refractivity contribution in [2.45, 2.75) is 44.0 Å². The Labute approximate surface area is 185 Å². The first-order chi connectivity index (χ1) is 14.7. The fourth-order valence-corrected chi connectivity index (χ4v) is 4.24. The molecule has 1 amide bonds. The van der Waals surface area contributed by atoms with E-state index in [-0.39, 0.29) is 27.9 Å². The highest BCUT2D eigenvalue weighted by Gasteiger charge is 2.28. The molecule has 3 aromatic rings. The number of hydrogen-bond acceptors (Lipinski definition) is 6. The molecule has 1 fully saturated rings. The summed E-state index contributed by atoms with van der Waals surface area (Å²) in [5.74, 6) is 0.730. The summed E-state index contributed by atoms with van der Waals surface area (Å²) < 4.78 is 33.3. The largest absolute Gasteiger partial charge is 0.343 e. The predicted molar refractivity (Wildman–Crippen MR) is 116 cm³/mol. The van der Waals surface area contributed by atoms with Crippen molar-refractivity contribution in [3.63, 3.8) is 0 Å². The number of carbonyl (C=O) groups excluding carboxylic acids is 1. The van der Waals surface area contributed by atoms with E-state index in [0.717, 1.165) is 24.0 Å². The van der Waals surface area contributed by atoms with Crippen LogP contribution in [0.4, 0.5) is 5.69 Å². The minimum Gasteiger partial charge on any atom is -0.343 e. The molecule has 0 unspecified atom stereocenters. The van der Waals surface area contributed by atoms with E-state index in [4.69, 9.17) is 16.1 Å². The molecule has 162 valence electrons. The summed E-state index contributed by atoms with van der Waals surface area (Å²) in [6.45, 7) is 3.86. The van der Waals surface area contributed by atoms with E-state index < -0.39 is 15.9 Å². The summed E-state index contributed by atoms with van der Waals surface area (Å²) in [5.41, 5.74) is 2.49. The van der Waals surface area contributed by atoms with E-state index >= 15 is 0 Å². The van der Waals surface area contributed by atoms with Crippen molar-refractivity contribution in [1.29, 1.82) is 0 Å². The molecule has 31 heavy (non-hydrogen) atoms. The molecule has 0 spiro atoms. The summed E-state index contributed by atoms with van der Waals surface area (Å²) in [6.07, 6.45) is 2.08. The van der Waals surface area contributed by atoms with Gasteiger partial charge in [-0.05, 0) is 68.1 Å². The summed E-state index contributed by atoms with van der Waals surface area (Å²) in [5, 5.41) is 6.66. The lowest BCUT2D eigenvalue weighted by molar-refractivity contribution is 0.0946. The van der Waals surface area contributed by atoms with E-state index in [9.17, 15) is 13.2 Å². The van der Waals surface area contributed by atoms with Crippen molar-refractivity contribution in [2.75, 3.05) is 4.72 Å². The zero-order valence-corrected chi connectivity index (χ0v) is 18.5. The average molecular weight is 461 g/mol. The highest BCUT2D eigenvalue weighted by molar-refractivity contribution is 7.92. The number of anilines is 1. The van der Waals surface area contributed by atoms with Gasteiger partial charge in [0.15, 0.2) is 5.82 Å². The highest BCUT2D eigenvalue weighted by atomic mass is 35.5. The number of benzene rings is 2. The number of sulfonamides is 1. The van der Waals surface area contributed by atoms with Crippen LogP contribution in [0.5, 0.6) is 0 Å². The maximum Gasteiger partial charge on any atom is 0.261 e. The van der Waals surface area contributed by atoms with Crippen molar-refractivity contribution in [2.24, 2.45) is 0 Å². The van der Waals surface area contributed by atoms with Gasteiger partial charge in [-0.2, -0.15) is 4.98 Å². The normalized spacial score (nSPS) is 13.8. The Bertz CT molecular complexity index is 1250. The molecule has 4 rings (SSSR count). The Morgan fingerprint density at radius 1 is 1.16 bits per heavy atom. The quantitative estimate of drug-likeness (QED) is 0.551. The summed E-state index contributed by atoms with van der Waals surface area (Å²) in [7, 11) is -3.91. The monoisotopic (exact) mass is 460 g/mol. The van der Waals surface area contributed by atoms with E-state index in [1.54, 1.807) is 12.1 Å². The van der Waals surface area contributed by atoms with Gasteiger partial charge in [-0.15, -0.1) is 0 Å². The average Bonchev–Trinajstić information content (AvgIpc) is 3.47. The van der Waals surface area contributed by atoms with Gasteiger partial charge in [0.1, 0.15) is 0 Å². The van der Waals surface area contributed by atoms with Crippen LogP contribution in [-0.4, -0.2) is 24.5 Å². The SMILES string of the molecule is Cc1ccc(NS(=O)(=O)c2ccc(Cl)c(C(=O)NCc3nc(C4CC4)no3)c2)cc1C. The van der Waals surface area contributed by atoms with Crippen LogP contribution in [0.25, 0.3) is 0 Å². The molecule has 1 heterocycles. The molecule has 2 aromatic carbocycles. The van der Waals surface area contributed by atoms with Gasteiger partial charge in [-0.1, -0.05) is 22.8 Å². The molecule has 0 atom stereocenters. The molecule has 1 saturated carbocycles. The fourth-order valence-electron chi connectivity index (χ4n) is 2.96. The van der Waals surface area contributed by atoms with Gasteiger partial charge in [0, 0.05) is 11.6 Å². The molecule has 1 aliphatic carbocycles. The van der Waals surface area contributed by atoms with Gasteiger partial charge >= 0.3 is 0 Å². The van der Waals surface area contributed by atoms with Gasteiger partial charge in [-0.25, -0.2) is 8.42 Å². The summed E-state index contributed by atoms with van der Waals surface area (Å²) in [4.78, 5) is 16.8. The lowest BCUT2D eigenvalue weighted by Gasteiger charge is -2.12. The number of amides is 1. The molecule has 10 heteroatoms. The van der Waals surface area contributed by atoms with Crippen molar-refractivity contribution in [3.8, 4) is 0 Å². The van der Waals surface area contributed by atoms with E-state index in [2.05, 4.69) is 20.2 Å². The number of aromatic nitrogens is 2. The first kappa shape index (κ1) is 21.3. The van der Waals surface area contributed by atoms with E-state index in [1.807, 2.05) is 19.9 Å². The summed E-state index contributed by atoms with van der Waals surface area (Å²) in [6, 6.07) is 9.23. The third kappa shape index (κ3) is 4.88. The molecule has 0 saturated heterocycles. The number of rotatable bonds is 7. The number of hydrogen-bond donors (Lipinski definition) is 2. The third-order valence-electron chi connectivity index (χ3n) is 5.08. The fraction of sp³-hybridized carbons (Fsp3) is 0.286. The van der Waals surface area contributed by atoms with Crippen LogP contribution in [-0.2, 0) is 16.6 Å². The zero-order chi connectivity index (χ0) is 22.2. The number of aryl methyl sites for hydroxylation is 2. The minimum absolute atomic E-state index is 0.0206. The van der Waals surface area contributed by atoms with Gasteiger partial charge in [0.2, 0.25) is 5.89 Å². The maximum absolute atomic E-state index is 12.8. The Morgan fingerprint density at radius 3 is 2.65 bits per heavy atom. The van der Waals surface area contributed by atoms with Crippen molar-refractivity contribution in [3.05, 3.63) is 69.8 Å². The second kappa shape index (κ2) is 8.32. The van der Waals surface area contributed by atoms with Gasteiger partial charge < -0.3 is 9.84 Å². The molecular formula is C21H21ClN4O4S. The molecule has 1 aliphatic rings. The van der Waals surface area contributed by atoms with Crippen LogP contribution in [0.2, 0.25) is 5.02 Å². The molecule has 8 nitrogen and oxygen atoms in total. The lowest BCUT2D eigenvalue weighted by atomic mass is 10.1. The maximum atomic E-state index is 12.8. The van der Waals surface area contributed by atoms with Crippen LogP contribution in [0, 0.1) is 13.8 Å². The van der Waals surface area contributed by atoms with E-state index in [1.165, 1.54) is 18.2 Å².